The lowest BCUT2D eigenvalue weighted by molar-refractivity contribution is -0.138. The highest BCUT2D eigenvalue weighted by atomic mass is 32.2. The number of hydrogen-bond donors (Lipinski definition) is 1. The van der Waals surface area contributed by atoms with Gasteiger partial charge in [0.2, 0.25) is 5.78 Å². The molecule has 1 atom stereocenters. The molecule has 2 aromatic rings. The average Bonchev–Trinajstić information content (AvgIpc) is 3.05. The van der Waals surface area contributed by atoms with Crippen LogP contribution >= 0.6 is 11.8 Å². The first-order valence-electron chi connectivity index (χ1n) is 6.83. The van der Waals surface area contributed by atoms with E-state index in [1.807, 2.05) is 6.26 Å². The van der Waals surface area contributed by atoms with Crippen LogP contribution in [0.5, 0.6) is 0 Å². The summed E-state index contributed by atoms with van der Waals surface area (Å²) in [5, 5.41) is 9.27. The number of rotatable bonds is 4. The Bertz CT molecular complexity index is 751. The number of carboxylic acid groups (broad SMARTS) is 1. The highest BCUT2D eigenvalue weighted by Crippen LogP contribution is 2.37. The molecule has 3 rings (SSSR count). The third kappa shape index (κ3) is 2.33. The summed E-state index contributed by atoms with van der Waals surface area (Å²) in [4.78, 5) is 24.8. The first-order valence-corrected chi connectivity index (χ1v) is 8.06. The number of fused-ring (bicyclic) bond motifs is 1. The molecule has 0 spiro atoms. The van der Waals surface area contributed by atoms with Crippen molar-refractivity contribution in [3.8, 4) is 0 Å². The quantitative estimate of drug-likeness (QED) is 0.695. The Morgan fingerprint density at radius 3 is 2.59 bits per heavy atom. The summed E-state index contributed by atoms with van der Waals surface area (Å²) >= 11 is 1.41. The van der Waals surface area contributed by atoms with Crippen molar-refractivity contribution >= 4 is 23.5 Å². The van der Waals surface area contributed by atoms with Gasteiger partial charge in [-0.3, -0.25) is 9.59 Å². The molecule has 0 radical (unpaired) electrons. The summed E-state index contributed by atoms with van der Waals surface area (Å²) in [6.07, 6.45) is 2.34. The van der Waals surface area contributed by atoms with Gasteiger partial charge in [0.15, 0.2) is 0 Å². The lowest BCUT2D eigenvalue weighted by Crippen LogP contribution is -2.10. The minimum Gasteiger partial charge on any atom is -0.481 e. The Morgan fingerprint density at radius 2 is 2.00 bits per heavy atom. The van der Waals surface area contributed by atoms with Gasteiger partial charge in [-0.05, 0) is 43.0 Å². The van der Waals surface area contributed by atoms with Crippen LogP contribution in [0.2, 0.25) is 0 Å². The largest absolute Gasteiger partial charge is 0.481 e. The number of hydrogen-bond acceptors (Lipinski definition) is 3. The van der Waals surface area contributed by atoms with Crippen LogP contribution in [0.15, 0.2) is 35.2 Å². The van der Waals surface area contributed by atoms with Crippen LogP contribution in [-0.4, -0.2) is 27.7 Å². The SMILES string of the molecule is CSc1cc2n(c1C(=O)c1ccc(F)cc1)CCC2C(=O)O. The summed E-state index contributed by atoms with van der Waals surface area (Å²) in [6.45, 7) is 0.509. The van der Waals surface area contributed by atoms with Crippen molar-refractivity contribution in [2.24, 2.45) is 0 Å². The molecule has 0 aliphatic carbocycles. The van der Waals surface area contributed by atoms with E-state index in [-0.39, 0.29) is 5.78 Å². The van der Waals surface area contributed by atoms with Crippen molar-refractivity contribution in [1.82, 2.24) is 4.57 Å². The second kappa shape index (κ2) is 5.61. The van der Waals surface area contributed by atoms with Gasteiger partial charge in [0, 0.05) is 22.7 Å². The zero-order valence-electron chi connectivity index (χ0n) is 11.9. The number of thioether (sulfide) groups is 1. The first kappa shape index (κ1) is 14.8. The molecular formula is C16H14FNO3S. The molecule has 0 fully saturated rings. The normalized spacial score (nSPS) is 16.5. The molecule has 0 saturated heterocycles. The van der Waals surface area contributed by atoms with E-state index >= 15 is 0 Å². The summed E-state index contributed by atoms with van der Waals surface area (Å²) in [6, 6.07) is 7.18. The monoisotopic (exact) mass is 319 g/mol. The van der Waals surface area contributed by atoms with Gasteiger partial charge < -0.3 is 9.67 Å². The summed E-state index contributed by atoms with van der Waals surface area (Å²) in [5.41, 5.74) is 1.57. The number of nitrogens with zero attached hydrogens (tertiary/aromatic N) is 1. The maximum absolute atomic E-state index is 13.0. The number of halogens is 1. The number of aromatic nitrogens is 1. The minimum atomic E-state index is -0.871. The Hall–Kier alpha value is -2.08. The Morgan fingerprint density at radius 1 is 1.32 bits per heavy atom. The van der Waals surface area contributed by atoms with Gasteiger partial charge in [-0.25, -0.2) is 4.39 Å². The maximum atomic E-state index is 13.0. The van der Waals surface area contributed by atoms with Crippen LogP contribution < -0.4 is 0 Å². The fourth-order valence-electron chi connectivity index (χ4n) is 2.86. The molecule has 114 valence electrons. The summed E-state index contributed by atoms with van der Waals surface area (Å²) in [5.74, 6) is -2.04. The van der Waals surface area contributed by atoms with Crippen LogP contribution in [0, 0.1) is 5.82 Å². The second-order valence-electron chi connectivity index (χ2n) is 5.15. The van der Waals surface area contributed by atoms with Crippen LogP contribution in [0.3, 0.4) is 0 Å². The van der Waals surface area contributed by atoms with Gasteiger partial charge in [0.05, 0.1) is 5.92 Å². The van der Waals surface area contributed by atoms with Gasteiger partial charge in [-0.2, -0.15) is 0 Å². The molecule has 1 aliphatic rings. The van der Waals surface area contributed by atoms with Crippen LogP contribution in [0.1, 0.15) is 34.1 Å². The summed E-state index contributed by atoms with van der Waals surface area (Å²) < 4.78 is 14.8. The molecule has 0 saturated carbocycles. The number of benzene rings is 1. The lowest BCUT2D eigenvalue weighted by Gasteiger charge is -2.07. The van der Waals surface area contributed by atoms with Crippen molar-refractivity contribution in [3.05, 3.63) is 53.1 Å². The zero-order chi connectivity index (χ0) is 15.9. The van der Waals surface area contributed by atoms with E-state index < -0.39 is 17.7 Å². The zero-order valence-corrected chi connectivity index (χ0v) is 12.7. The average molecular weight is 319 g/mol. The summed E-state index contributed by atoms with van der Waals surface area (Å²) in [7, 11) is 0. The van der Waals surface area contributed by atoms with Crippen LogP contribution in [-0.2, 0) is 11.3 Å². The smallest absolute Gasteiger partial charge is 0.312 e. The number of aliphatic carboxylic acids is 1. The number of carboxylic acids is 1. The molecule has 22 heavy (non-hydrogen) atoms. The highest BCUT2D eigenvalue weighted by Gasteiger charge is 2.34. The third-order valence-electron chi connectivity index (χ3n) is 3.93. The van der Waals surface area contributed by atoms with Gasteiger partial charge in [0.25, 0.3) is 0 Å². The van der Waals surface area contributed by atoms with Crippen molar-refractivity contribution in [3.63, 3.8) is 0 Å². The molecule has 1 aromatic heterocycles. The van der Waals surface area contributed by atoms with Gasteiger partial charge in [0.1, 0.15) is 11.5 Å². The molecule has 1 aromatic carbocycles. The maximum Gasteiger partial charge on any atom is 0.312 e. The molecule has 4 nitrogen and oxygen atoms in total. The van der Waals surface area contributed by atoms with E-state index in [2.05, 4.69) is 0 Å². The number of ketones is 1. The van der Waals surface area contributed by atoms with Gasteiger partial charge in [-0.15, -0.1) is 11.8 Å². The lowest BCUT2D eigenvalue weighted by atomic mass is 10.1. The fraction of sp³-hybridized carbons (Fsp3) is 0.250. The van der Waals surface area contributed by atoms with Crippen LogP contribution in [0.4, 0.5) is 4.39 Å². The Labute approximate surface area is 130 Å². The number of carbonyl (C=O) groups is 2. The van der Waals surface area contributed by atoms with E-state index in [1.165, 1.54) is 36.0 Å². The molecule has 1 unspecified atom stereocenters. The number of carbonyl (C=O) groups excluding carboxylic acids is 1. The third-order valence-corrected chi connectivity index (χ3v) is 4.68. The molecular weight excluding hydrogens is 305 g/mol. The van der Waals surface area contributed by atoms with Crippen molar-refractivity contribution < 1.29 is 19.1 Å². The fourth-order valence-corrected chi connectivity index (χ4v) is 3.49. The Kier molecular flexibility index (Phi) is 3.78. The molecule has 6 heteroatoms. The second-order valence-corrected chi connectivity index (χ2v) is 6.00. The van der Waals surface area contributed by atoms with E-state index in [0.29, 0.717) is 29.9 Å². The van der Waals surface area contributed by atoms with E-state index in [0.717, 1.165) is 4.90 Å². The van der Waals surface area contributed by atoms with E-state index in [1.54, 1.807) is 10.6 Å². The Balaban J connectivity index is 2.07. The van der Waals surface area contributed by atoms with Crippen molar-refractivity contribution in [2.45, 2.75) is 23.8 Å². The molecule has 0 bridgehead atoms. The topological polar surface area (TPSA) is 59.3 Å². The minimum absolute atomic E-state index is 0.207. The van der Waals surface area contributed by atoms with E-state index in [4.69, 9.17) is 0 Å². The molecule has 1 N–H and O–H groups in total. The van der Waals surface area contributed by atoms with Gasteiger partial charge in [-0.1, -0.05) is 0 Å². The van der Waals surface area contributed by atoms with Crippen molar-refractivity contribution in [1.29, 1.82) is 0 Å². The predicted molar refractivity (Wildman–Crippen MR) is 81.0 cm³/mol. The highest BCUT2D eigenvalue weighted by molar-refractivity contribution is 7.98. The molecule has 0 amide bonds. The van der Waals surface area contributed by atoms with Crippen molar-refractivity contribution in [2.75, 3.05) is 6.26 Å². The standard InChI is InChI=1S/C16H14FNO3S/c1-22-13-8-12-11(16(20)21)6-7-18(12)14(13)15(19)9-2-4-10(17)5-3-9/h2-5,8,11H,6-7H2,1H3,(H,20,21). The predicted octanol–water partition coefficient (Wildman–Crippen LogP) is 3.15. The molecule has 1 aliphatic heterocycles. The van der Waals surface area contributed by atoms with Gasteiger partial charge >= 0.3 is 5.97 Å². The molecule has 2 heterocycles. The first-order chi connectivity index (χ1) is 10.5. The van der Waals surface area contributed by atoms with Crippen LogP contribution in [0.25, 0.3) is 0 Å². The van der Waals surface area contributed by atoms with E-state index in [9.17, 15) is 19.1 Å².